The Morgan fingerprint density at radius 3 is 2.55 bits per heavy atom. The van der Waals surface area contributed by atoms with Crippen molar-refractivity contribution in [2.75, 3.05) is 5.32 Å². The first-order chi connectivity index (χ1) is 10.3. The van der Waals surface area contributed by atoms with Gasteiger partial charge in [0.2, 0.25) is 5.91 Å². The van der Waals surface area contributed by atoms with Crippen LogP contribution in [0.3, 0.4) is 0 Å². The van der Waals surface area contributed by atoms with Gasteiger partial charge >= 0.3 is 0 Å². The summed E-state index contributed by atoms with van der Waals surface area (Å²) in [5.41, 5.74) is 0.583. The number of anilines is 1. The molecule has 1 aromatic carbocycles. The number of amides is 1. The number of aromatic amines is 2. The fourth-order valence-electron chi connectivity index (χ4n) is 2.31. The summed E-state index contributed by atoms with van der Waals surface area (Å²) >= 11 is 6.19. The lowest BCUT2D eigenvalue weighted by atomic mass is 9.96. The zero-order valence-corrected chi connectivity index (χ0v) is 13.3. The second kappa shape index (κ2) is 4.88. The van der Waals surface area contributed by atoms with Crippen molar-refractivity contribution >= 4 is 45.1 Å². The van der Waals surface area contributed by atoms with E-state index in [1.165, 1.54) is 0 Å². The van der Waals surface area contributed by atoms with E-state index in [1.54, 1.807) is 12.1 Å². The Morgan fingerprint density at radius 2 is 1.86 bits per heavy atom. The molecular formula is C16H16ClN3O2. The normalized spacial score (nSPS) is 12.0. The highest BCUT2D eigenvalue weighted by atomic mass is 35.5. The van der Waals surface area contributed by atoms with Crippen molar-refractivity contribution in [2.45, 2.75) is 20.8 Å². The minimum Gasteiger partial charge on any atom is -0.354 e. The van der Waals surface area contributed by atoms with Crippen LogP contribution in [0.15, 0.2) is 29.1 Å². The molecule has 0 unspecified atom stereocenters. The molecule has 6 heteroatoms. The zero-order valence-electron chi connectivity index (χ0n) is 12.5. The van der Waals surface area contributed by atoms with Crippen LogP contribution < -0.4 is 10.9 Å². The molecule has 114 valence electrons. The first-order valence-corrected chi connectivity index (χ1v) is 7.30. The Balaban J connectivity index is 2.18. The number of rotatable bonds is 1. The summed E-state index contributed by atoms with van der Waals surface area (Å²) in [7, 11) is 0. The number of halogens is 1. The minimum atomic E-state index is -0.546. The zero-order chi connectivity index (χ0) is 16.1. The van der Waals surface area contributed by atoms with Gasteiger partial charge in [0.1, 0.15) is 5.82 Å². The van der Waals surface area contributed by atoms with E-state index in [9.17, 15) is 9.59 Å². The largest absolute Gasteiger partial charge is 0.354 e. The van der Waals surface area contributed by atoms with Gasteiger partial charge in [-0.2, -0.15) is 0 Å². The number of carbonyl (C=O) groups excluding carboxylic acids is 1. The number of hydrogen-bond acceptors (Lipinski definition) is 2. The molecule has 0 fully saturated rings. The predicted octanol–water partition coefficient (Wildman–Crippen LogP) is 3.65. The van der Waals surface area contributed by atoms with Crippen molar-refractivity contribution in [3.8, 4) is 0 Å². The van der Waals surface area contributed by atoms with Crippen molar-refractivity contribution in [1.29, 1.82) is 0 Å². The highest BCUT2D eigenvalue weighted by Crippen LogP contribution is 2.30. The fourth-order valence-corrected chi connectivity index (χ4v) is 2.58. The smallest absolute Gasteiger partial charge is 0.259 e. The molecule has 22 heavy (non-hydrogen) atoms. The predicted molar refractivity (Wildman–Crippen MR) is 89.5 cm³/mol. The second-order valence-corrected chi connectivity index (χ2v) is 6.70. The van der Waals surface area contributed by atoms with E-state index in [-0.39, 0.29) is 11.5 Å². The molecule has 0 aliphatic heterocycles. The Hall–Kier alpha value is -2.27. The monoisotopic (exact) mass is 317 g/mol. The number of hydrogen-bond donors (Lipinski definition) is 3. The lowest BCUT2D eigenvalue weighted by Crippen LogP contribution is -2.28. The molecule has 0 saturated carbocycles. The summed E-state index contributed by atoms with van der Waals surface area (Å²) < 4.78 is 0. The Kier molecular flexibility index (Phi) is 3.25. The summed E-state index contributed by atoms with van der Waals surface area (Å²) in [5.74, 6) is 0.191. The van der Waals surface area contributed by atoms with Crippen molar-refractivity contribution < 1.29 is 4.79 Å². The highest BCUT2D eigenvalue weighted by molar-refractivity contribution is 6.37. The lowest BCUT2D eigenvalue weighted by Gasteiger charge is -2.17. The average molecular weight is 318 g/mol. The van der Waals surface area contributed by atoms with Gasteiger partial charge in [-0.25, -0.2) is 0 Å². The van der Waals surface area contributed by atoms with E-state index in [1.807, 2.05) is 32.9 Å². The first kappa shape index (κ1) is 14.7. The maximum absolute atomic E-state index is 12.4. The number of nitrogens with one attached hydrogen (secondary N) is 3. The number of aromatic nitrogens is 2. The van der Waals surface area contributed by atoms with Gasteiger partial charge in [-0.3, -0.25) is 9.59 Å². The summed E-state index contributed by atoms with van der Waals surface area (Å²) in [6, 6.07) is 7.12. The molecule has 5 nitrogen and oxygen atoms in total. The van der Waals surface area contributed by atoms with Crippen LogP contribution in [0.1, 0.15) is 20.8 Å². The number of carbonyl (C=O) groups is 1. The molecule has 3 aromatic rings. The van der Waals surface area contributed by atoms with Crippen LogP contribution in [-0.2, 0) is 4.79 Å². The standard InChI is InChI=1S/C16H16ClN3O2/c1-16(2,3)15(22)20-11-7-10-13(14(21)19-11)12-8(17)5-4-6-9(12)18-10/h4-7,18H,1-3H3,(H2,19,20,21,22). The third-order valence-corrected chi connectivity index (χ3v) is 3.81. The summed E-state index contributed by atoms with van der Waals surface area (Å²) in [6.45, 7) is 5.42. The Morgan fingerprint density at radius 1 is 1.14 bits per heavy atom. The molecule has 0 aliphatic carbocycles. The highest BCUT2D eigenvalue weighted by Gasteiger charge is 2.22. The molecule has 3 N–H and O–H groups in total. The van der Waals surface area contributed by atoms with Gasteiger partial charge in [0.25, 0.3) is 5.56 Å². The summed E-state index contributed by atoms with van der Waals surface area (Å²) in [4.78, 5) is 30.3. The van der Waals surface area contributed by atoms with Gasteiger partial charge in [0.05, 0.1) is 15.9 Å². The summed E-state index contributed by atoms with van der Waals surface area (Å²) in [6.07, 6.45) is 0. The molecular weight excluding hydrogens is 302 g/mol. The first-order valence-electron chi connectivity index (χ1n) is 6.92. The van der Waals surface area contributed by atoms with E-state index >= 15 is 0 Å². The molecule has 0 aliphatic rings. The Labute approximate surface area is 131 Å². The molecule has 0 saturated heterocycles. The van der Waals surface area contributed by atoms with Crippen molar-refractivity contribution in [1.82, 2.24) is 9.97 Å². The van der Waals surface area contributed by atoms with Crippen LogP contribution in [0.2, 0.25) is 5.02 Å². The SMILES string of the molecule is CC(C)(C)C(=O)Nc1cc2[nH]c3cccc(Cl)c3c2c(=O)[nH]1. The van der Waals surface area contributed by atoms with Crippen molar-refractivity contribution in [3.05, 3.63) is 39.6 Å². The third kappa shape index (κ3) is 2.37. The molecule has 0 atom stereocenters. The molecule has 2 aromatic heterocycles. The van der Waals surface area contributed by atoms with Crippen LogP contribution in [0.4, 0.5) is 5.82 Å². The van der Waals surface area contributed by atoms with E-state index in [0.717, 1.165) is 5.52 Å². The molecule has 3 rings (SSSR count). The van der Waals surface area contributed by atoms with Gasteiger partial charge in [-0.1, -0.05) is 38.4 Å². The van der Waals surface area contributed by atoms with Crippen LogP contribution >= 0.6 is 11.6 Å². The van der Waals surface area contributed by atoms with E-state index in [0.29, 0.717) is 27.1 Å². The average Bonchev–Trinajstić information content (AvgIpc) is 2.77. The van der Waals surface area contributed by atoms with Gasteiger partial charge in [0.15, 0.2) is 0 Å². The molecule has 0 bridgehead atoms. The number of benzene rings is 1. The topological polar surface area (TPSA) is 77.8 Å². The number of H-pyrrole nitrogens is 2. The van der Waals surface area contributed by atoms with Crippen molar-refractivity contribution in [3.63, 3.8) is 0 Å². The van der Waals surface area contributed by atoms with E-state index in [2.05, 4.69) is 15.3 Å². The van der Waals surface area contributed by atoms with Crippen molar-refractivity contribution in [2.24, 2.45) is 5.41 Å². The number of fused-ring (bicyclic) bond motifs is 3. The van der Waals surface area contributed by atoms with E-state index < -0.39 is 5.41 Å². The summed E-state index contributed by atoms with van der Waals surface area (Å²) in [5, 5.41) is 4.42. The van der Waals surface area contributed by atoms with Crippen LogP contribution in [-0.4, -0.2) is 15.9 Å². The maximum Gasteiger partial charge on any atom is 0.259 e. The van der Waals surface area contributed by atoms with Crippen LogP contribution in [0.5, 0.6) is 0 Å². The molecule has 2 heterocycles. The van der Waals surface area contributed by atoms with Gasteiger partial charge in [-0.05, 0) is 12.1 Å². The van der Waals surface area contributed by atoms with Crippen LogP contribution in [0, 0.1) is 5.41 Å². The number of pyridine rings is 1. The van der Waals surface area contributed by atoms with Crippen LogP contribution in [0.25, 0.3) is 21.8 Å². The molecule has 0 spiro atoms. The Bertz CT molecular complexity index is 948. The quantitative estimate of drug-likeness (QED) is 0.640. The molecule has 0 radical (unpaired) electrons. The second-order valence-electron chi connectivity index (χ2n) is 6.29. The van der Waals surface area contributed by atoms with Gasteiger partial charge in [-0.15, -0.1) is 0 Å². The fraction of sp³-hybridized carbons (Fsp3) is 0.250. The lowest BCUT2D eigenvalue weighted by molar-refractivity contribution is -0.123. The minimum absolute atomic E-state index is 0.170. The third-order valence-electron chi connectivity index (χ3n) is 3.50. The maximum atomic E-state index is 12.4. The van der Waals surface area contributed by atoms with E-state index in [4.69, 9.17) is 11.6 Å². The van der Waals surface area contributed by atoms with Gasteiger partial charge in [0, 0.05) is 22.4 Å². The van der Waals surface area contributed by atoms with Gasteiger partial charge < -0.3 is 15.3 Å². The molecule has 1 amide bonds.